The summed E-state index contributed by atoms with van der Waals surface area (Å²) in [6.07, 6.45) is 11.3. The van der Waals surface area contributed by atoms with E-state index in [0.29, 0.717) is 6.04 Å². The summed E-state index contributed by atoms with van der Waals surface area (Å²) >= 11 is 0. The molecule has 2 fully saturated rings. The lowest BCUT2D eigenvalue weighted by molar-refractivity contribution is 0.194. The average molecular weight is 413 g/mol. The molecule has 0 radical (unpaired) electrons. The third-order valence-corrected chi connectivity index (χ3v) is 7.52. The lowest BCUT2D eigenvalue weighted by atomic mass is 9.84. The Morgan fingerprint density at radius 3 is 2.50 bits per heavy atom. The minimum atomic E-state index is 0.0519. The molecule has 0 aromatic heterocycles. The Balaban J connectivity index is 1.18. The molecule has 1 aromatic carbocycles. The van der Waals surface area contributed by atoms with E-state index in [-0.39, 0.29) is 6.03 Å². The Morgan fingerprint density at radius 2 is 1.77 bits per heavy atom. The summed E-state index contributed by atoms with van der Waals surface area (Å²) in [5, 5.41) is 3.16. The third-order valence-electron chi connectivity index (χ3n) is 7.52. The van der Waals surface area contributed by atoms with E-state index in [1.54, 1.807) is 16.0 Å². The summed E-state index contributed by atoms with van der Waals surface area (Å²) in [7, 11) is 3.63. The molecule has 166 valence electrons. The summed E-state index contributed by atoms with van der Waals surface area (Å²) in [6.45, 7) is 5.95. The highest BCUT2D eigenvalue weighted by Crippen LogP contribution is 2.31. The van der Waals surface area contributed by atoms with Crippen LogP contribution in [0.5, 0.6) is 0 Å². The summed E-state index contributed by atoms with van der Waals surface area (Å²) in [5.41, 5.74) is 4.75. The van der Waals surface area contributed by atoms with Gasteiger partial charge >= 0.3 is 6.03 Å². The summed E-state index contributed by atoms with van der Waals surface area (Å²) in [6, 6.07) is 7.39. The Bertz CT molecular complexity index is 703. The van der Waals surface area contributed by atoms with Gasteiger partial charge in [0.25, 0.3) is 0 Å². The Hall–Kier alpha value is -1.75. The standard InChI is InChI=1S/C25H40N4O/c1-27(2)25(30)26-22-12-10-20(11-13-22)14-15-28-16-18-29(19-17-28)24-9-5-7-21-6-3-4-8-23(21)24/h5,7,9,20,22H,3-4,6,8,10-19H2,1-2H3,(H,26,30)/t20-,22-. The molecule has 1 N–H and O–H groups in total. The number of amides is 2. The number of hydrogen-bond acceptors (Lipinski definition) is 3. The molecule has 1 saturated carbocycles. The van der Waals surface area contributed by atoms with Crippen molar-refractivity contribution < 1.29 is 4.79 Å². The van der Waals surface area contributed by atoms with Crippen molar-refractivity contribution in [3.63, 3.8) is 0 Å². The SMILES string of the molecule is CN(C)C(=O)N[C@H]1CC[C@H](CCN2CCN(c3cccc4c3CCCC4)CC2)CC1. The van der Waals surface area contributed by atoms with Gasteiger partial charge < -0.3 is 15.1 Å². The van der Waals surface area contributed by atoms with E-state index in [4.69, 9.17) is 0 Å². The van der Waals surface area contributed by atoms with Crippen LogP contribution in [-0.2, 0) is 12.8 Å². The fourth-order valence-corrected chi connectivity index (χ4v) is 5.53. The van der Waals surface area contributed by atoms with Crippen molar-refractivity contribution in [2.24, 2.45) is 5.92 Å². The highest BCUT2D eigenvalue weighted by atomic mass is 16.2. The monoisotopic (exact) mass is 412 g/mol. The van der Waals surface area contributed by atoms with Gasteiger partial charge in [-0.3, -0.25) is 4.90 Å². The maximum atomic E-state index is 11.8. The van der Waals surface area contributed by atoms with E-state index in [9.17, 15) is 4.79 Å². The number of aryl methyl sites for hydroxylation is 1. The van der Waals surface area contributed by atoms with Crippen molar-refractivity contribution in [1.29, 1.82) is 0 Å². The molecule has 2 aliphatic carbocycles. The molecule has 4 rings (SSSR count). The molecule has 1 aromatic rings. The molecule has 1 aliphatic heterocycles. The highest BCUT2D eigenvalue weighted by molar-refractivity contribution is 5.73. The fourth-order valence-electron chi connectivity index (χ4n) is 5.53. The van der Waals surface area contributed by atoms with Crippen LogP contribution < -0.4 is 10.2 Å². The molecule has 0 unspecified atom stereocenters. The quantitative estimate of drug-likeness (QED) is 0.797. The van der Waals surface area contributed by atoms with Crippen molar-refractivity contribution in [3.8, 4) is 0 Å². The number of benzene rings is 1. The normalized spacial score (nSPS) is 24.9. The van der Waals surface area contributed by atoms with Crippen molar-refractivity contribution in [2.45, 2.75) is 63.8 Å². The van der Waals surface area contributed by atoms with Crippen LogP contribution in [0.4, 0.5) is 10.5 Å². The second-order valence-electron chi connectivity index (χ2n) is 9.80. The summed E-state index contributed by atoms with van der Waals surface area (Å²) < 4.78 is 0. The minimum Gasteiger partial charge on any atom is -0.369 e. The Kier molecular flexibility index (Phi) is 7.19. The van der Waals surface area contributed by atoms with Crippen LogP contribution in [0.25, 0.3) is 0 Å². The van der Waals surface area contributed by atoms with E-state index in [1.165, 1.54) is 83.4 Å². The van der Waals surface area contributed by atoms with Crippen molar-refractivity contribution in [1.82, 2.24) is 15.1 Å². The average Bonchev–Trinajstić information content (AvgIpc) is 2.78. The minimum absolute atomic E-state index is 0.0519. The molecule has 5 heteroatoms. The number of nitrogens with zero attached hydrogens (tertiary/aromatic N) is 3. The van der Waals surface area contributed by atoms with Crippen LogP contribution in [0.2, 0.25) is 0 Å². The second kappa shape index (κ2) is 10.0. The van der Waals surface area contributed by atoms with Crippen LogP contribution >= 0.6 is 0 Å². The van der Waals surface area contributed by atoms with Gasteiger partial charge in [-0.05, 0) is 87.4 Å². The highest BCUT2D eigenvalue weighted by Gasteiger charge is 2.25. The number of carbonyl (C=O) groups is 1. The van der Waals surface area contributed by atoms with Crippen LogP contribution in [0.15, 0.2) is 18.2 Å². The maximum absolute atomic E-state index is 11.8. The molecule has 0 spiro atoms. The van der Waals surface area contributed by atoms with Gasteiger partial charge in [0.05, 0.1) is 0 Å². The predicted molar refractivity (Wildman–Crippen MR) is 124 cm³/mol. The zero-order valence-electron chi connectivity index (χ0n) is 19.0. The largest absolute Gasteiger partial charge is 0.369 e. The van der Waals surface area contributed by atoms with E-state index in [2.05, 4.69) is 33.3 Å². The van der Waals surface area contributed by atoms with Gasteiger partial charge in [0, 0.05) is 52.0 Å². The summed E-state index contributed by atoms with van der Waals surface area (Å²) in [4.78, 5) is 18.8. The molecule has 30 heavy (non-hydrogen) atoms. The van der Waals surface area contributed by atoms with Crippen LogP contribution in [-0.4, -0.2) is 68.7 Å². The number of anilines is 1. The summed E-state index contributed by atoms with van der Waals surface area (Å²) in [5.74, 6) is 0.830. The predicted octanol–water partition coefficient (Wildman–Crippen LogP) is 3.91. The number of piperazine rings is 1. The molecule has 0 bridgehead atoms. The van der Waals surface area contributed by atoms with Gasteiger partial charge in [0.15, 0.2) is 0 Å². The first-order chi connectivity index (χ1) is 14.6. The second-order valence-corrected chi connectivity index (χ2v) is 9.80. The van der Waals surface area contributed by atoms with Crippen molar-refractivity contribution >= 4 is 11.7 Å². The van der Waals surface area contributed by atoms with Gasteiger partial charge in [-0.15, -0.1) is 0 Å². The first kappa shape index (κ1) is 21.5. The zero-order valence-corrected chi connectivity index (χ0v) is 19.0. The van der Waals surface area contributed by atoms with Gasteiger partial charge in [-0.2, -0.15) is 0 Å². The smallest absolute Gasteiger partial charge is 0.317 e. The number of rotatable bonds is 5. The topological polar surface area (TPSA) is 38.8 Å². The van der Waals surface area contributed by atoms with Crippen molar-refractivity contribution in [2.75, 3.05) is 51.7 Å². The number of carbonyl (C=O) groups excluding carboxylic acids is 1. The van der Waals surface area contributed by atoms with E-state index >= 15 is 0 Å². The van der Waals surface area contributed by atoms with Crippen LogP contribution in [0.3, 0.4) is 0 Å². The molecule has 1 heterocycles. The lowest BCUT2D eigenvalue weighted by Crippen LogP contribution is -2.47. The first-order valence-electron chi connectivity index (χ1n) is 12.2. The van der Waals surface area contributed by atoms with Gasteiger partial charge in [0.2, 0.25) is 0 Å². The first-order valence-corrected chi connectivity index (χ1v) is 12.2. The Morgan fingerprint density at radius 1 is 1.03 bits per heavy atom. The lowest BCUT2D eigenvalue weighted by Gasteiger charge is -2.38. The van der Waals surface area contributed by atoms with Gasteiger partial charge in [-0.25, -0.2) is 4.79 Å². The molecular formula is C25H40N4O. The fraction of sp³-hybridized carbons (Fsp3) is 0.720. The van der Waals surface area contributed by atoms with Crippen molar-refractivity contribution in [3.05, 3.63) is 29.3 Å². The number of fused-ring (bicyclic) bond motifs is 1. The number of urea groups is 1. The molecular weight excluding hydrogens is 372 g/mol. The van der Waals surface area contributed by atoms with E-state index < -0.39 is 0 Å². The molecule has 5 nitrogen and oxygen atoms in total. The van der Waals surface area contributed by atoms with Gasteiger partial charge in [0.1, 0.15) is 0 Å². The molecule has 2 amide bonds. The van der Waals surface area contributed by atoms with E-state index in [0.717, 1.165) is 18.8 Å². The van der Waals surface area contributed by atoms with Crippen LogP contribution in [0, 0.1) is 5.92 Å². The maximum Gasteiger partial charge on any atom is 0.317 e. The molecule has 3 aliphatic rings. The van der Waals surface area contributed by atoms with Crippen LogP contribution in [0.1, 0.15) is 56.1 Å². The van der Waals surface area contributed by atoms with E-state index in [1.807, 2.05) is 14.1 Å². The zero-order chi connectivity index (χ0) is 20.9. The Labute approximate surface area is 182 Å². The number of hydrogen-bond donors (Lipinski definition) is 1. The molecule has 1 saturated heterocycles. The third kappa shape index (κ3) is 5.29. The molecule has 0 atom stereocenters. The number of nitrogens with one attached hydrogen (secondary N) is 1. The van der Waals surface area contributed by atoms with Gasteiger partial charge in [-0.1, -0.05) is 12.1 Å².